The fraction of sp³-hybridized carbons (Fsp3) is 0.455. The highest BCUT2D eigenvalue weighted by molar-refractivity contribution is 8.00. The van der Waals surface area contributed by atoms with E-state index in [-0.39, 0.29) is 0 Å². The number of pyridine rings is 1. The highest BCUT2D eigenvalue weighted by Crippen LogP contribution is 2.22. The van der Waals surface area contributed by atoms with Crippen molar-refractivity contribution in [2.24, 2.45) is 13.0 Å². The largest absolute Gasteiger partial charge is 0.250 e. The van der Waals surface area contributed by atoms with Crippen LogP contribution in [0.15, 0.2) is 34.6 Å². The Balaban J connectivity index is 1.73. The second kappa shape index (κ2) is 6.75. The Morgan fingerprint density at radius 2 is 2.11 bits per heavy atom. The van der Waals surface area contributed by atoms with Gasteiger partial charge in [0.25, 0.3) is 0 Å². The van der Waals surface area contributed by atoms with Crippen molar-refractivity contribution in [2.75, 3.05) is 11.5 Å². The lowest BCUT2D eigenvalue weighted by Gasteiger charge is -2.09. The number of tetrazole rings is 1. The number of aryl methyl sites for hydroxylation is 1. The van der Waals surface area contributed by atoms with E-state index in [9.17, 15) is 0 Å². The average molecular weight is 281 g/mol. The summed E-state index contributed by atoms with van der Waals surface area (Å²) in [7, 11) is 1.86. The van der Waals surface area contributed by atoms with Crippen molar-refractivity contribution in [1.29, 1.82) is 0 Å². The Hall–Kier alpha value is -1.08. The minimum absolute atomic E-state index is 0.582. The molecular weight excluding hydrogens is 266 g/mol. The van der Waals surface area contributed by atoms with E-state index in [0.717, 1.165) is 21.7 Å². The maximum atomic E-state index is 4.29. The van der Waals surface area contributed by atoms with Gasteiger partial charge in [-0.2, -0.15) is 0 Å². The molecule has 2 rings (SSSR count). The molecule has 2 aromatic rings. The number of nitrogens with zero attached hydrogens (tertiary/aromatic N) is 5. The first kappa shape index (κ1) is 13.4. The Morgan fingerprint density at radius 3 is 2.78 bits per heavy atom. The number of rotatable bonds is 6. The van der Waals surface area contributed by atoms with Crippen LogP contribution in [0.1, 0.15) is 6.92 Å². The van der Waals surface area contributed by atoms with E-state index < -0.39 is 0 Å². The van der Waals surface area contributed by atoms with Gasteiger partial charge in [0, 0.05) is 24.8 Å². The topological polar surface area (TPSA) is 56.5 Å². The van der Waals surface area contributed by atoms with Gasteiger partial charge in [-0.05, 0) is 28.5 Å². The predicted octanol–water partition coefficient (Wildman–Crippen LogP) is 2.13. The Morgan fingerprint density at radius 1 is 1.28 bits per heavy atom. The molecule has 0 aromatic carbocycles. The van der Waals surface area contributed by atoms with E-state index in [1.54, 1.807) is 28.2 Å². The minimum Gasteiger partial charge on any atom is -0.250 e. The Kier molecular flexibility index (Phi) is 5.00. The molecule has 0 saturated carbocycles. The molecule has 0 saturated heterocycles. The van der Waals surface area contributed by atoms with Gasteiger partial charge in [-0.25, -0.2) is 9.67 Å². The first-order chi connectivity index (χ1) is 8.75. The summed E-state index contributed by atoms with van der Waals surface area (Å²) >= 11 is 3.48. The summed E-state index contributed by atoms with van der Waals surface area (Å²) in [5, 5.41) is 13.3. The van der Waals surface area contributed by atoms with Gasteiger partial charge in [0.05, 0.1) is 5.03 Å². The summed E-state index contributed by atoms with van der Waals surface area (Å²) in [5.74, 6) is 2.64. The highest BCUT2D eigenvalue weighted by atomic mass is 32.2. The van der Waals surface area contributed by atoms with Crippen molar-refractivity contribution in [3.8, 4) is 0 Å². The van der Waals surface area contributed by atoms with Crippen LogP contribution in [-0.4, -0.2) is 36.7 Å². The molecule has 1 atom stereocenters. The van der Waals surface area contributed by atoms with Crippen LogP contribution in [-0.2, 0) is 7.05 Å². The first-order valence-electron chi connectivity index (χ1n) is 5.64. The zero-order chi connectivity index (χ0) is 12.8. The van der Waals surface area contributed by atoms with Crippen LogP contribution in [0.5, 0.6) is 0 Å². The molecule has 96 valence electrons. The molecule has 0 aliphatic heterocycles. The van der Waals surface area contributed by atoms with E-state index in [0.29, 0.717) is 5.92 Å². The van der Waals surface area contributed by atoms with E-state index >= 15 is 0 Å². The van der Waals surface area contributed by atoms with Gasteiger partial charge in [0.2, 0.25) is 5.16 Å². The van der Waals surface area contributed by atoms with Gasteiger partial charge >= 0.3 is 0 Å². The molecule has 0 radical (unpaired) electrons. The quantitative estimate of drug-likeness (QED) is 0.756. The number of thioether (sulfide) groups is 2. The van der Waals surface area contributed by atoms with E-state index in [1.807, 2.05) is 31.4 Å². The molecule has 0 amide bonds. The Bertz CT molecular complexity index is 473. The van der Waals surface area contributed by atoms with Crippen molar-refractivity contribution in [3.05, 3.63) is 24.4 Å². The number of hydrogen-bond acceptors (Lipinski definition) is 6. The third-order valence-corrected chi connectivity index (χ3v) is 4.84. The normalized spacial score (nSPS) is 12.6. The van der Waals surface area contributed by atoms with Gasteiger partial charge < -0.3 is 0 Å². The molecule has 0 aliphatic rings. The minimum atomic E-state index is 0.582. The summed E-state index contributed by atoms with van der Waals surface area (Å²) in [6.45, 7) is 2.23. The Labute approximate surface area is 115 Å². The summed E-state index contributed by atoms with van der Waals surface area (Å²) in [4.78, 5) is 4.29. The SMILES string of the molecule is CC(CSc1ccccn1)CSc1nnnn1C. The highest BCUT2D eigenvalue weighted by Gasteiger charge is 2.08. The second-order valence-corrected chi connectivity index (χ2v) is 6.01. The zero-order valence-electron chi connectivity index (χ0n) is 10.4. The van der Waals surface area contributed by atoms with Crippen LogP contribution in [0, 0.1) is 5.92 Å². The number of hydrogen-bond donors (Lipinski definition) is 0. The summed E-state index contributed by atoms with van der Waals surface area (Å²) in [6, 6.07) is 5.99. The zero-order valence-corrected chi connectivity index (χ0v) is 12.0. The predicted molar refractivity (Wildman–Crippen MR) is 73.6 cm³/mol. The fourth-order valence-electron chi connectivity index (χ4n) is 1.27. The summed E-state index contributed by atoms with van der Waals surface area (Å²) in [6.07, 6.45) is 1.83. The van der Waals surface area contributed by atoms with E-state index in [4.69, 9.17) is 0 Å². The molecule has 0 bridgehead atoms. The van der Waals surface area contributed by atoms with Crippen LogP contribution in [0.2, 0.25) is 0 Å². The van der Waals surface area contributed by atoms with Gasteiger partial charge in [0.1, 0.15) is 0 Å². The number of aromatic nitrogens is 5. The van der Waals surface area contributed by atoms with Crippen molar-refractivity contribution in [3.63, 3.8) is 0 Å². The average Bonchev–Trinajstić information content (AvgIpc) is 2.81. The molecule has 0 spiro atoms. The molecule has 0 aliphatic carbocycles. The molecule has 2 heterocycles. The second-order valence-electron chi connectivity index (χ2n) is 3.98. The molecule has 0 N–H and O–H groups in total. The molecule has 7 heteroatoms. The van der Waals surface area contributed by atoms with Crippen LogP contribution >= 0.6 is 23.5 Å². The maximum absolute atomic E-state index is 4.29. The lowest BCUT2D eigenvalue weighted by molar-refractivity contribution is 0.662. The van der Waals surface area contributed by atoms with E-state index in [1.165, 1.54) is 0 Å². The van der Waals surface area contributed by atoms with Gasteiger partial charge in [-0.3, -0.25) is 0 Å². The molecule has 18 heavy (non-hydrogen) atoms. The van der Waals surface area contributed by atoms with Gasteiger partial charge in [0.15, 0.2) is 0 Å². The first-order valence-corrected chi connectivity index (χ1v) is 7.62. The third-order valence-electron chi connectivity index (χ3n) is 2.23. The standard InChI is InChI=1S/C11H15N5S2/c1-9(7-17-10-5-3-4-6-12-10)8-18-11-13-14-15-16(11)2/h3-6,9H,7-8H2,1-2H3. The van der Waals surface area contributed by atoms with Crippen LogP contribution < -0.4 is 0 Å². The lowest BCUT2D eigenvalue weighted by Crippen LogP contribution is -2.03. The van der Waals surface area contributed by atoms with E-state index in [2.05, 4.69) is 27.4 Å². The van der Waals surface area contributed by atoms with Crippen molar-refractivity contribution in [2.45, 2.75) is 17.1 Å². The molecule has 5 nitrogen and oxygen atoms in total. The van der Waals surface area contributed by atoms with Crippen LogP contribution in [0.4, 0.5) is 0 Å². The third kappa shape index (κ3) is 3.99. The van der Waals surface area contributed by atoms with Crippen LogP contribution in [0.3, 0.4) is 0 Å². The van der Waals surface area contributed by atoms with Crippen molar-refractivity contribution >= 4 is 23.5 Å². The smallest absolute Gasteiger partial charge is 0.209 e. The van der Waals surface area contributed by atoms with Gasteiger partial charge in [-0.1, -0.05) is 24.8 Å². The summed E-state index contributed by atoms with van der Waals surface area (Å²) in [5.41, 5.74) is 0. The molecule has 0 fully saturated rings. The van der Waals surface area contributed by atoms with Crippen LogP contribution in [0.25, 0.3) is 0 Å². The van der Waals surface area contributed by atoms with Gasteiger partial charge in [-0.15, -0.1) is 16.9 Å². The van der Waals surface area contributed by atoms with Crippen molar-refractivity contribution < 1.29 is 0 Å². The summed E-state index contributed by atoms with van der Waals surface area (Å²) < 4.78 is 1.70. The monoisotopic (exact) mass is 281 g/mol. The lowest BCUT2D eigenvalue weighted by atomic mass is 10.3. The molecular formula is C11H15N5S2. The molecule has 2 aromatic heterocycles. The maximum Gasteiger partial charge on any atom is 0.209 e. The fourth-order valence-corrected chi connectivity index (χ4v) is 3.17. The van der Waals surface area contributed by atoms with Crippen molar-refractivity contribution in [1.82, 2.24) is 25.2 Å². The molecule has 1 unspecified atom stereocenters.